The normalized spacial score (nSPS) is 25.4. The zero-order chi connectivity index (χ0) is 11.7. The smallest absolute Gasteiger partial charge is 0.187 e. The highest BCUT2D eigenvalue weighted by Gasteiger charge is 2.31. The van der Waals surface area contributed by atoms with E-state index in [-0.39, 0.29) is 6.61 Å². The average Bonchev–Trinajstić information content (AvgIpc) is 2.81. The fourth-order valence-corrected chi connectivity index (χ4v) is 3.64. The van der Waals surface area contributed by atoms with Crippen LogP contribution in [-0.2, 0) is 6.61 Å². The fraction of sp³-hybridized carbons (Fsp3) is 0.727. The fourth-order valence-electron chi connectivity index (χ4n) is 2.35. The summed E-state index contributed by atoms with van der Waals surface area (Å²) < 4.78 is 0. The van der Waals surface area contributed by atoms with Crippen molar-refractivity contribution in [3.8, 4) is 0 Å². The van der Waals surface area contributed by atoms with E-state index < -0.39 is 0 Å². The maximum Gasteiger partial charge on any atom is 0.187 e. The van der Waals surface area contributed by atoms with Crippen molar-refractivity contribution < 1.29 is 5.11 Å². The highest BCUT2D eigenvalue weighted by molar-refractivity contribution is 7.16. The lowest BCUT2D eigenvalue weighted by molar-refractivity contribution is 0.285. The Kier molecular flexibility index (Phi) is 3.72. The molecule has 0 saturated carbocycles. The molecule has 0 aliphatic carbocycles. The summed E-state index contributed by atoms with van der Waals surface area (Å²) in [5, 5.41) is 10.5. The maximum atomic E-state index is 9.13. The Hall–Kier alpha value is -0.320. The number of aliphatic hydroxyl groups is 1. The van der Waals surface area contributed by atoms with Crippen LogP contribution in [0, 0.1) is 0 Å². The summed E-state index contributed by atoms with van der Waals surface area (Å²) >= 11 is 7.49. The van der Waals surface area contributed by atoms with Gasteiger partial charge in [-0.3, -0.25) is 0 Å². The molecule has 0 aromatic carbocycles. The molecule has 90 valence electrons. The summed E-state index contributed by atoms with van der Waals surface area (Å²) in [6.45, 7) is 4.41. The molecule has 1 aromatic heterocycles. The quantitative estimate of drug-likeness (QED) is 0.908. The third-order valence-corrected chi connectivity index (χ3v) is 4.74. The van der Waals surface area contributed by atoms with Gasteiger partial charge in [-0.25, -0.2) is 4.98 Å². The minimum absolute atomic E-state index is 0.0183. The number of aliphatic hydroxyl groups excluding tert-OH is 1. The van der Waals surface area contributed by atoms with Crippen LogP contribution in [0.25, 0.3) is 0 Å². The molecule has 1 aliphatic heterocycles. The molecule has 0 spiro atoms. The lowest BCUT2D eigenvalue weighted by Gasteiger charge is -2.27. The number of hydrogen-bond acceptors (Lipinski definition) is 4. The van der Waals surface area contributed by atoms with Gasteiger partial charge in [0, 0.05) is 12.1 Å². The van der Waals surface area contributed by atoms with Gasteiger partial charge in [0.25, 0.3) is 0 Å². The predicted octanol–water partition coefficient (Wildman–Crippen LogP) is 3.06. The highest BCUT2D eigenvalue weighted by atomic mass is 35.5. The van der Waals surface area contributed by atoms with Crippen LogP contribution in [0.1, 0.15) is 38.0 Å². The number of hydrogen-bond donors (Lipinski definition) is 1. The molecule has 0 bridgehead atoms. The molecule has 1 saturated heterocycles. The van der Waals surface area contributed by atoms with E-state index in [4.69, 9.17) is 16.7 Å². The molecule has 16 heavy (non-hydrogen) atoms. The Labute approximate surface area is 105 Å². The molecule has 3 nitrogen and oxygen atoms in total. The molecular formula is C11H17ClN2OS. The number of nitrogens with zero attached hydrogens (tertiary/aromatic N) is 2. The predicted molar refractivity (Wildman–Crippen MR) is 68.3 cm³/mol. The van der Waals surface area contributed by atoms with Crippen molar-refractivity contribution in [3.63, 3.8) is 0 Å². The topological polar surface area (TPSA) is 36.4 Å². The minimum atomic E-state index is -0.0183. The highest BCUT2D eigenvalue weighted by Crippen LogP contribution is 2.37. The molecule has 0 amide bonds. The van der Waals surface area contributed by atoms with Crippen LogP contribution < -0.4 is 4.90 Å². The monoisotopic (exact) mass is 260 g/mol. The number of aromatic nitrogens is 1. The molecule has 1 N–H and O–H groups in total. The second kappa shape index (κ2) is 4.90. The van der Waals surface area contributed by atoms with E-state index in [0.29, 0.717) is 17.2 Å². The van der Waals surface area contributed by atoms with Gasteiger partial charge < -0.3 is 10.0 Å². The van der Waals surface area contributed by atoms with Gasteiger partial charge in [-0.2, -0.15) is 0 Å². The number of halogens is 1. The third kappa shape index (κ3) is 2.06. The van der Waals surface area contributed by atoms with E-state index in [1.54, 1.807) is 0 Å². The zero-order valence-electron chi connectivity index (χ0n) is 9.61. The Bertz CT molecular complexity index is 369. The zero-order valence-corrected chi connectivity index (χ0v) is 11.2. The van der Waals surface area contributed by atoms with Crippen LogP contribution in [0.5, 0.6) is 0 Å². The van der Waals surface area contributed by atoms with E-state index in [9.17, 15) is 0 Å². The number of rotatable bonds is 3. The van der Waals surface area contributed by atoms with Crippen LogP contribution >= 0.6 is 22.9 Å². The van der Waals surface area contributed by atoms with Crippen molar-refractivity contribution >= 4 is 28.1 Å². The van der Waals surface area contributed by atoms with E-state index in [0.717, 1.165) is 16.4 Å². The van der Waals surface area contributed by atoms with Crippen molar-refractivity contribution in [2.75, 3.05) is 4.90 Å². The standard InChI is InChI=1S/C11H17ClN2OS/c1-3-8-5-4-7(2)14(8)11-13-10(12)9(6-15)16-11/h7-8,15H,3-6H2,1-2H3. The first-order valence-electron chi connectivity index (χ1n) is 5.71. The van der Waals surface area contributed by atoms with E-state index in [1.165, 1.54) is 24.2 Å². The van der Waals surface area contributed by atoms with Gasteiger partial charge in [0.15, 0.2) is 5.13 Å². The summed E-state index contributed by atoms with van der Waals surface area (Å²) in [6, 6.07) is 1.10. The first-order chi connectivity index (χ1) is 7.67. The van der Waals surface area contributed by atoms with Gasteiger partial charge in [0.05, 0.1) is 11.5 Å². The molecule has 2 heterocycles. The number of anilines is 1. The molecule has 0 radical (unpaired) electrons. The maximum absolute atomic E-state index is 9.13. The second-order valence-electron chi connectivity index (χ2n) is 4.26. The van der Waals surface area contributed by atoms with Crippen molar-refractivity contribution in [3.05, 3.63) is 10.0 Å². The number of thiazole rings is 1. The van der Waals surface area contributed by atoms with Crippen LogP contribution in [0.15, 0.2) is 0 Å². The van der Waals surface area contributed by atoms with Crippen LogP contribution in [0.2, 0.25) is 5.15 Å². The SMILES string of the molecule is CCC1CCC(C)N1c1nc(Cl)c(CO)s1. The molecule has 1 fully saturated rings. The molecule has 2 rings (SSSR count). The Morgan fingerprint density at radius 2 is 2.31 bits per heavy atom. The van der Waals surface area contributed by atoms with Gasteiger partial charge in [-0.15, -0.1) is 0 Å². The van der Waals surface area contributed by atoms with Crippen molar-refractivity contribution in [2.45, 2.75) is 51.8 Å². The summed E-state index contributed by atoms with van der Waals surface area (Å²) in [5.41, 5.74) is 0. The van der Waals surface area contributed by atoms with Gasteiger partial charge in [-0.05, 0) is 26.2 Å². The first kappa shape index (κ1) is 12.1. The minimum Gasteiger partial charge on any atom is -0.391 e. The van der Waals surface area contributed by atoms with Crippen molar-refractivity contribution in [1.29, 1.82) is 0 Å². The average molecular weight is 261 g/mol. The molecule has 1 aliphatic rings. The van der Waals surface area contributed by atoms with Crippen molar-refractivity contribution in [1.82, 2.24) is 4.98 Å². The third-order valence-electron chi connectivity index (χ3n) is 3.26. The second-order valence-corrected chi connectivity index (χ2v) is 5.68. The van der Waals surface area contributed by atoms with Gasteiger partial charge >= 0.3 is 0 Å². The van der Waals surface area contributed by atoms with E-state index in [1.807, 2.05) is 0 Å². The molecule has 2 atom stereocenters. The molecule has 1 aromatic rings. The molecule has 2 unspecified atom stereocenters. The summed E-state index contributed by atoms with van der Waals surface area (Å²) in [4.78, 5) is 7.49. The molecule has 5 heteroatoms. The summed E-state index contributed by atoms with van der Waals surface area (Å²) in [6.07, 6.45) is 3.57. The Morgan fingerprint density at radius 3 is 2.88 bits per heavy atom. The molecular weight excluding hydrogens is 244 g/mol. The van der Waals surface area contributed by atoms with Crippen LogP contribution in [0.3, 0.4) is 0 Å². The van der Waals surface area contributed by atoms with Crippen LogP contribution in [0.4, 0.5) is 5.13 Å². The lowest BCUT2D eigenvalue weighted by Crippen LogP contribution is -2.33. The van der Waals surface area contributed by atoms with E-state index in [2.05, 4.69) is 23.7 Å². The first-order valence-corrected chi connectivity index (χ1v) is 6.91. The van der Waals surface area contributed by atoms with Gasteiger partial charge in [0.2, 0.25) is 0 Å². The summed E-state index contributed by atoms with van der Waals surface area (Å²) in [5.74, 6) is 0. The Morgan fingerprint density at radius 1 is 1.56 bits per heavy atom. The lowest BCUT2D eigenvalue weighted by atomic mass is 10.2. The van der Waals surface area contributed by atoms with Crippen LogP contribution in [-0.4, -0.2) is 22.2 Å². The van der Waals surface area contributed by atoms with E-state index >= 15 is 0 Å². The largest absolute Gasteiger partial charge is 0.391 e. The Balaban J connectivity index is 2.27. The van der Waals surface area contributed by atoms with Gasteiger partial charge in [0.1, 0.15) is 5.15 Å². The van der Waals surface area contributed by atoms with Gasteiger partial charge in [-0.1, -0.05) is 29.9 Å². The van der Waals surface area contributed by atoms with Crippen molar-refractivity contribution in [2.24, 2.45) is 0 Å². The summed E-state index contributed by atoms with van der Waals surface area (Å²) in [7, 11) is 0.